The Hall–Kier alpha value is -2.63. The van der Waals surface area contributed by atoms with Gasteiger partial charge in [-0.25, -0.2) is 4.39 Å². The molecule has 0 aliphatic rings. The minimum Gasteiger partial charge on any atom is -0.299 e. The standard InChI is InChI=1S/C15H11F2NO3/c1-9(19)15(10-3-2-4-12(16)7-10)11-5-6-14(18(20)21)13(17)8-11/h2-8,15H,1H3. The molecule has 0 saturated carbocycles. The van der Waals surface area contributed by atoms with Gasteiger partial charge in [0, 0.05) is 6.07 Å². The molecule has 1 atom stereocenters. The van der Waals surface area contributed by atoms with Gasteiger partial charge in [0.05, 0.1) is 10.8 Å². The Bertz CT molecular complexity index is 716. The highest BCUT2D eigenvalue weighted by Crippen LogP contribution is 2.29. The number of Topliss-reactive ketones (excluding diaryl/α,β-unsaturated/α-hetero) is 1. The number of nitro benzene ring substituents is 1. The third-order valence-corrected chi connectivity index (χ3v) is 3.09. The number of benzene rings is 2. The lowest BCUT2D eigenvalue weighted by Gasteiger charge is -2.15. The number of carbonyl (C=O) groups excluding carboxylic acids is 1. The van der Waals surface area contributed by atoms with Crippen LogP contribution in [0.2, 0.25) is 0 Å². The van der Waals surface area contributed by atoms with Gasteiger partial charge < -0.3 is 0 Å². The number of carbonyl (C=O) groups is 1. The van der Waals surface area contributed by atoms with Crippen LogP contribution in [0.3, 0.4) is 0 Å². The molecule has 6 heteroatoms. The first-order valence-corrected chi connectivity index (χ1v) is 6.10. The Labute approximate surface area is 119 Å². The van der Waals surface area contributed by atoms with Crippen LogP contribution in [0.5, 0.6) is 0 Å². The van der Waals surface area contributed by atoms with Gasteiger partial charge in [0.15, 0.2) is 0 Å². The van der Waals surface area contributed by atoms with Crippen LogP contribution in [0, 0.1) is 21.7 Å². The zero-order valence-corrected chi connectivity index (χ0v) is 11.0. The van der Waals surface area contributed by atoms with Crippen LogP contribution in [0.1, 0.15) is 24.0 Å². The fourth-order valence-electron chi connectivity index (χ4n) is 2.20. The molecule has 0 radical (unpaired) electrons. The van der Waals surface area contributed by atoms with Crippen molar-refractivity contribution in [3.8, 4) is 0 Å². The van der Waals surface area contributed by atoms with Crippen molar-refractivity contribution in [3.05, 3.63) is 75.3 Å². The molecule has 0 aromatic heterocycles. The first-order valence-electron chi connectivity index (χ1n) is 6.10. The highest BCUT2D eigenvalue weighted by molar-refractivity contribution is 5.87. The maximum Gasteiger partial charge on any atom is 0.304 e. The quantitative estimate of drug-likeness (QED) is 0.639. The summed E-state index contributed by atoms with van der Waals surface area (Å²) in [7, 11) is 0. The average molecular weight is 291 g/mol. The van der Waals surface area contributed by atoms with E-state index in [4.69, 9.17) is 0 Å². The van der Waals surface area contributed by atoms with Crippen molar-refractivity contribution in [2.24, 2.45) is 0 Å². The molecule has 0 bridgehead atoms. The normalized spacial score (nSPS) is 12.0. The van der Waals surface area contributed by atoms with E-state index in [0.29, 0.717) is 5.56 Å². The summed E-state index contributed by atoms with van der Waals surface area (Å²) in [6.07, 6.45) is 0. The van der Waals surface area contributed by atoms with E-state index in [2.05, 4.69) is 0 Å². The van der Waals surface area contributed by atoms with E-state index in [1.54, 1.807) is 6.07 Å². The van der Waals surface area contributed by atoms with Crippen LogP contribution in [-0.4, -0.2) is 10.7 Å². The second-order valence-corrected chi connectivity index (χ2v) is 4.57. The van der Waals surface area contributed by atoms with Crippen LogP contribution in [-0.2, 0) is 4.79 Å². The molecule has 4 nitrogen and oxygen atoms in total. The maximum atomic E-state index is 13.7. The fourth-order valence-corrected chi connectivity index (χ4v) is 2.20. The third kappa shape index (κ3) is 3.10. The van der Waals surface area contributed by atoms with Crippen molar-refractivity contribution in [2.45, 2.75) is 12.8 Å². The molecule has 108 valence electrons. The molecule has 2 rings (SSSR count). The first-order chi connectivity index (χ1) is 9.90. The van der Waals surface area contributed by atoms with Crippen molar-refractivity contribution < 1.29 is 18.5 Å². The van der Waals surface area contributed by atoms with Gasteiger partial charge in [0.1, 0.15) is 11.6 Å². The van der Waals surface area contributed by atoms with Crippen molar-refractivity contribution in [1.29, 1.82) is 0 Å². The van der Waals surface area contributed by atoms with Gasteiger partial charge in [0.2, 0.25) is 5.82 Å². The number of nitrogens with zero attached hydrogens (tertiary/aromatic N) is 1. The Morgan fingerprint density at radius 1 is 1.14 bits per heavy atom. The van der Waals surface area contributed by atoms with Crippen molar-refractivity contribution in [1.82, 2.24) is 0 Å². The second-order valence-electron chi connectivity index (χ2n) is 4.57. The molecule has 2 aromatic rings. The zero-order valence-electron chi connectivity index (χ0n) is 11.0. The summed E-state index contributed by atoms with van der Waals surface area (Å²) in [5.41, 5.74) is -0.0488. The molecule has 21 heavy (non-hydrogen) atoms. The number of rotatable bonds is 4. The molecule has 0 fully saturated rings. The number of hydrogen-bond acceptors (Lipinski definition) is 3. The largest absolute Gasteiger partial charge is 0.304 e. The summed E-state index contributed by atoms with van der Waals surface area (Å²) in [6.45, 7) is 1.30. The van der Waals surface area contributed by atoms with Gasteiger partial charge in [-0.15, -0.1) is 0 Å². The molecule has 0 aliphatic carbocycles. The van der Waals surface area contributed by atoms with Crippen molar-refractivity contribution >= 4 is 11.5 Å². The highest BCUT2D eigenvalue weighted by Gasteiger charge is 2.23. The molecule has 0 amide bonds. The van der Waals surface area contributed by atoms with Crippen LogP contribution in [0.4, 0.5) is 14.5 Å². The van der Waals surface area contributed by atoms with Crippen molar-refractivity contribution in [3.63, 3.8) is 0 Å². The smallest absolute Gasteiger partial charge is 0.299 e. The summed E-state index contributed by atoms with van der Waals surface area (Å²) in [5, 5.41) is 10.6. The van der Waals surface area contributed by atoms with Crippen LogP contribution in [0.15, 0.2) is 42.5 Å². The lowest BCUT2D eigenvalue weighted by molar-refractivity contribution is -0.387. The predicted molar refractivity (Wildman–Crippen MR) is 72.0 cm³/mol. The summed E-state index contributed by atoms with van der Waals surface area (Å²) in [6, 6.07) is 8.66. The first kappa shape index (κ1) is 14.8. The number of hydrogen-bond donors (Lipinski definition) is 0. The molecule has 2 aromatic carbocycles. The summed E-state index contributed by atoms with van der Waals surface area (Å²) >= 11 is 0. The molecule has 0 saturated heterocycles. The predicted octanol–water partition coefficient (Wildman–Crippen LogP) is 3.59. The van der Waals surface area contributed by atoms with Gasteiger partial charge in [-0.3, -0.25) is 14.9 Å². The summed E-state index contributed by atoms with van der Waals surface area (Å²) in [4.78, 5) is 21.6. The van der Waals surface area contributed by atoms with Gasteiger partial charge in [0.25, 0.3) is 0 Å². The topological polar surface area (TPSA) is 60.2 Å². The molecule has 0 spiro atoms. The third-order valence-electron chi connectivity index (χ3n) is 3.09. The number of nitro groups is 1. The Morgan fingerprint density at radius 3 is 2.33 bits per heavy atom. The Morgan fingerprint density at radius 2 is 1.81 bits per heavy atom. The molecule has 0 aliphatic heterocycles. The Kier molecular flexibility index (Phi) is 4.07. The fraction of sp³-hybridized carbons (Fsp3) is 0.133. The Balaban J connectivity index is 2.51. The SMILES string of the molecule is CC(=O)C(c1cccc(F)c1)c1ccc([N+](=O)[O-])c(F)c1. The van der Waals surface area contributed by atoms with Gasteiger partial charge in [-0.1, -0.05) is 18.2 Å². The minimum atomic E-state index is -1.03. The average Bonchev–Trinajstić information content (AvgIpc) is 2.38. The van der Waals surface area contributed by atoms with E-state index in [-0.39, 0.29) is 11.3 Å². The molecular weight excluding hydrogens is 280 g/mol. The van der Waals surface area contributed by atoms with Crippen molar-refractivity contribution in [2.75, 3.05) is 0 Å². The number of halogens is 2. The lowest BCUT2D eigenvalue weighted by atomic mass is 9.88. The molecule has 0 heterocycles. The van der Waals surface area contributed by atoms with E-state index in [0.717, 1.165) is 12.1 Å². The van der Waals surface area contributed by atoms with E-state index in [1.807, 2.05) is 0 Å². The lowest BCUT2D eigenvalue weighted by Crippen LogP contribution is -2.11. The monoisotopic (exact) mass is 291 g/mol. The van der Waals surface area contributed by atoms with E-state index in [1.165, 1.54) is 31.2 Å². The molecule has 0 N–H and O–H groups in total. The number of ketones is 1. The second kappa shape index (κ2) is 5.78. The highest BCUT2D eigenvalue weighted by atomic mass is 19.1. The van der Waals surface area contributed by atoms with Gasteiger partial charge >= 0.3 is 5.69 Å². The summed E-state index contributed by atoms with van der Waals surface area (Å²) < 4.78 is 27.0. The molecular formula is C15H11F2NO3. The van der Waals surface area contributed by atoms with E-state index >= 15 is 0 Å². The zero-order chi connectivity index (χ0) is 15.6. The van der Waals surface area contributed by atoms with Crippen LogP contribution < -0.4 is 0 Å². The van der Waals surface area contributed by atoms with E-state index in [9.17, 15) is 23.7 Å². The van der Waals surface area contributed by atoms with Crippen LogP contribution >= 0.6 is 0 Å². The maximum absolute atomic E-state index is 13.7. The van der Waals surface area contributed by atoms with E-state index < -0.39 is 28.2 Å². The minimum absolute atomic E-state index is 0.246. The van der Waals surface area contributed by atoms with Gasteiger partial charge in [-0.2, -0.15) is 4.39 Å². The summed E-state index contributed by atoms with van der Waals surface area (Å²) in [5.74, 6) is -2.72. The molecule has 1 unspecified atom stereocenters. The van der Waals surface area contributed by atoms with Gasteiger partial charge in [-0.05, 0) is 36.2 Å². The van der Waals surface area contributed by atoms with Crippen LogP contribution in [0.25, 0.3) is 0 Å².